The van der Waals surface area contributed by atoms with Gasteiger partial charge in [-0.25, -0.2) is 0 Å². The van der Waals surface area contributed by atoms with E-state index in [1.807, 2.05) is 62.4 Å². The van der Waals surface area contributed by atoms with E-state index in [2.05, 4.69) is 0 Å². The van der Waals surface area contributed by atoms with Gasteiger partial charge in [0.1, 0.15) is 0 Å². The first-order chi connectivity index (χ1) is 10.1. The molecule has 2 unspecified atom stereocenters. The first-order valence-electron chi connectivity index (χ1n) is 7.15. The van der Waals surface area contributed by atoms with Crippen LogP contribution in [0.5, 0.6) is 0 Å². The minimum absolute atomic E-state index is 0.221. The molecule has 1 N–H and O–H groups in total. The molecular formula is C18H21ClO2. The lowest BCUT2D eigenvalue weighted by Gasteiger charge is -2.20. The summed E-state index contributed by atoms with van der Waals surface area (Å²) in [5.41, 5.74) is 3.21. The van der Waals surface area contributed by atoms with Crippen LogP contribution in [0.2, 0.25) is 5.02 Å². The Hall–Kier alpha value is -1.35. The van der Waals surface area contributed by atoms with Crippen LogP contribution in [-0.4, -0.2) is 17.3 Å². The number of aliphatic hydroxyl groups is 1. The molecule has 3 heteroatoms. The molecule has 0 amide bonds. The van der Waals surface area contributed by atoms with Crippen LogP contribution in [0.1, 0.15) is 23.6 Å². The topological polar surface area (TPSA) is 29.5 Å². The molecule has 0 bridgehead atoms. The molecule has 0 heterocycles. The second kappa shape index (κ2) is 7.60. The van der Waals surface area contributed by atoms with E-state index in [9.17, 15) is 5.11 Å². The molecule has 0 aliphatic rings. The van der Waals surface area contributed by atoms with Crippen LogP contribution in [0.4, 0.5) is 0 Å². The minimum Gasteiger partial charge on any atom is -0.390 e. The zero-order valence-corrected chi connectivity index (χ0v) is 13.2. The maximum absolute atomic E-state index is 10.3. The van der Waals surface area contributed by atoms with Crippen molar-refractivity contribution in [2.45, 2.75) is 39.1 Å². The van der Waals surface area contributed by atoms with Crippen molar-refractivity contribution in [3.63, 3.8) is 0 Å². The van der Waals surface area contributed by atoms with Crippen molar-refractivity contribution in [3.05, 3.63) is 70.2 Å². The zero-order valence-electron chi connectivity index (χ0n) is 12.4. The molecule has 0 fully saturated rings. The second-order valence-corrected chi connectivity index (χ2v) is 5.76. The van der Waals surface area contributed by atoms with Crippen molar-refractivity contribution in [1.29, 1.82) is 0 Å². The van der Waals surface area contributed by atoms with Gasteiger partial charge in [0.25, 0.3) is 0 Å². The predicted molar refractivity (Wildman–Crippen MR) is 86.6 cm³/mol. The van der Waals surface area contributed by atoms with Crippen molar-refractivity contribution in [3.8, 4) is 0 Å². The molecule has 0 aromatic heterocycles. The third-order valence-electron chi connectivity index (χ3n) is 3.56. The molecular weight excluding hydrogens is 284 g/mol. The molecule has 0 spiro atoms. The Labute approximate surface area is 131 Å². The molecule has 2 rings (SSSR count). The maximum Gasteiger partial charge on any atom is 0.0839 e. The monoisotopic (exact) mass is 304 g/mol. The van der Waals surface area contributed by atoms with Crippen LogP contribution in [0.15, 0.2) is 48.5 Å². The van der Waals surface area contributed by atoms with Gasteiger partial charge in [0.15, 0.2) is 0 Å². The van der Waals surface area contributed by atoms with E-state index in [0.29, 0.717) is 13.0 Å². The van der Waals surface area contributed by atoms with Gasteiger partial charge in [-0.1, -0.05) is 54.1 Å². The molecule has 0 saturated heterocycles. The number of ether oxygens (including phenoxy) is 1. The predicted octanol–water partition coefficient (Wildman–Crippen LogP) is 4.16. The molecule has 112 valence electrons. The molecule has 0 saturated carbocycles. The Balaban J connectivity index is 1.87. The lowest BCUT2D eigenvalue weighted by Crippen LogP contribution is -2.28. The van der Waals surface area contributed by atoms with Crippen LogP contribution in [0.3, 0.4) is 0 Å². The summed E-state index contributed by atoms with van der Waals surface area (Å²) in [6.45, 7) is 4.38. The zero-order chi connectivity index (χ0) is 15.2. The smallest absolute Gasteiger partial charge is 0.0839 e. The molecule has 0 aliphatic carbocycles. The highest BCUT2D eigenvalue weighted by atomic mass is 35.5. The third kappa shape index (κ3) is 4.85. The summed E-state index contributed by atoms with van der Waals surface area (Å²) < 4.78 is 5.74. The van der Waals surface area contributed by atoms with E-state index in [-0.39, 0.29) is 6.10 Å². The number of rotatable bonds is 6. The maximum atomic E-state index is 10.3. The average molecular weight is 305 g/mol. The highest BCUT2D eigenvalue weighted by molar-refractivity contribution is 6.31. The van der Waals surface area contributed by atoms with E-state index in [1.165, 1.54) is 0 Å². The minimum atomic E-state index is -0.533. The van der Waals surface area contributed by atoms with Crippen LogP contribution in [0, 0.1) is 6.92 Å². The fraction of sp³-hybridized carbons (Fsp3) is 0.333. The van der Waals surface area contributed by atoms with Gasteiger partial charge in [-0.05, 0) is 36.6 Å². The van der Waals surface area contributed by atoms with Gasteiger partial charge < -0.3 is 9.84 Å². The van der Waals surface area contributed by atoms with Gasteiger partial charge >= 0.3 is 0 Å². The van der Waals surface area contributed by atoms with Crippen molar-refractivity contribution in [2.75, 3.05) is 0 Å². The van der Waals surface area contributed by atoms with Crippen molar-refractivity contribution < 1.29 is 9.84 Å². The summed E-state index contributed by atoms with van der Waals surface area (Å²) in [6, 6.07) is 15.8. The Bertz CT molecular complexity index is 569. The summed E-state index contributed by atoms with van der Waals surface area (Å²) in [5, 5.41) is 11.0. The van der Waals surface area contributed by atoms with Crippen LogP contribution >= 0.6 is 11.6 Å². The fourth-order valence-electron chi connectivity index (χ4n) is 2.15. The number of aryl methyl sites for hydroxylation is 1. The lowest BCUT2D eigenvalue weighted by molar-refractivity contribution is -0.0344. The molecule has 2 nitrogen and oxygen atoms in total. The number of aliphatic hydroxyl groups excluding tert-OH is 1. The molecule has 0 radical (unpaired) electrons. The number of hydrogen-bond acceptors (Lipinski definition) is 2. The third-order valence-corrected chi connectivity index (χ3v) is 3.99. The highest BCUT2D eigenvalue weighted by Gasteiger charge is 2.15. The Morgan fingerprint density at radius 3 is 2.48 bits per heavy atom. The largest absolute Gasteiger partial charge is 0.390 e. The van der Waals surface area contributed by atoms with Gasteiger partial charge in [0, 0.05) is 11.4 Å². The van der Waals surface area contributed by atoms with Gasteiger partial charge in [0.2, 0.25) is 0 Å². The van der Waals surface area contributed by atoms with Crippen molar-refractivity contribution in [1.82, 2.24) is 0 Å². The molecule has 2 aromatic rings. The summed E-state index contributed by atoms with van der Waals surface area (Å²) >= 11 is 6.01. The van der Waals surface area contributed by atoms with Gasteiger partial charge in [-0.2, -0.15) is 0 Å². The summed E-state index contributed by atoms with van der Waals surface area (Å²) in [4.78, 5) is 0. The first-order valence-corrected chi connectivity index (χ1v) is 7.52. The Morgan fingerprint density at radius 1 is 1.10 bits per heavy atom. The van der Waals surface area contributed by atoms with Crippen molar-refractivity contribution in [2.24, 2.45) is 0 Å². The van der Waals surface area contributed by atoms with E-state index in [0.717, 1.165) is 21.7 Å². The highest BCUT2D eigenvalue weighted by Crippen LogP contribution is 2.18. The van der Waals surface area contributed by atoms with Gasteiger partial charge in [0.05, 0.1) is 18.8 Å². The van der Waals surface area contributed by atoms with E-state index >= 15 is 0 Å². The van der Waals surface area contributed by atoms with Gasteiger partial charge in [-0.3, -0.25) is 0 Å². The second-order valence-electron chi connectivity index (χ2n) is 5.36. The van der Waals surface area contributed by atoms with Crippen LogP contribution < -0.4 is 0 Å². The van der Waals surface area contributed by atoms with Crippen molar-refractivity contribution >= 4 is 11.6 Å². The Kier molecular flexibility index (Phi) is 5.80. The van der Waals surface area contributed by atoms with Crippen LogP contribution in [-0.2, 0) is 17.8 Å². The quantitative estimate of drug-likeness (QED) is 0.868. The number of halogens is 1. The summed E-state index contributed by atoms with van der Waals surface area (Å²) in [7, 11) is 0. The van der Waals surface area contributed by atoms with E-state index in [1.54, 1.807) is 0 Å². The standard InChI is InChI=1S/C18H21ClO2/c1-13-10-16(8-9-17(13)19)11-18(20)14(2)21-12-15-6-4-3-5-7-15/h3-10,14,18,20H,11-12H2,1-2H3. The first kappa shape index (κ1) is 16.0. The van der Waals surface area contributed by atoms with E-state index in [4.69, 9.17) is 16.3 Å². The molecule has 0 aliphatic heterocycles. The molecule has 2 aromatic carbocycles. The number of hydrogen-bond donors (Lipinski definition) is 1. The van der Waals surface area contributed by atoms with E-state index < -0.39 is 6.10 Å². The molecule has 21 heavy (non-hydrogen) atoms. The normalized spacial score (nSPS) is 13.9. The fourth-order valence-corrected chi connectivity index (χ4v) is 2.27. The summed E-state index contributed by atoms with van der Waals surface area (Å²) in [6.07, 6.45) is -0.191. The average Bonchev–Trinajstić information content (AvgIpc) is 2.49. The Morgan fingerprint density at radius 2 is 1.81 bits per heavy atom. The van der Waals surface area contributed by atoms with Gasteiger partial charge in [-0.15, -0.1) is 0 Å². The van der Waals surface area contributed by atoms with Crippen LogP contribution in [0.25, 0.3) is 0 Å². The molecule has 2 atom stereocenters. The summed E-state index contributed by atoms with van der Waals surface area (Å²) in [5.74, 6) is 0. The number of benzene rings is 2. The SMILES string of the molecule is Cc1cc(CC(O)C(C)OCc2ccccc2)ccc1Cl. The lowest BCUT2D eigenvalue weighted by atomic mass is 10.0.